The molecule has 0 saturated carbocycles. The van der Waals surface area contributed by atoms with Crippen LogP contribution in [0.1, 0.15) is 38.1 Å². The molecule has 6 nitrogen and oxygen atoms in total. The van der Waals surface area contributed by atoms with Crippen LogP contribution in [0.15, 0.2) is 54.6 Å². The molecule has 2 N–H and O–H groups in total. The van der Waals surface area contributed by atoms with Crippen LogP contribution >= 0.6 is 22.9 Å². The van der Waals surface area contributed by atoms with Crippen molar-refractivity contribution in [2.75, 3.05) is 43.4 Å². The molecule has 2 heterocycles. The van der Waals surface area contributed by atoms with Crippen molar-refractivity contribution in [1.82, 2.24) is 9.80 Å². The van der Waals surface area contributed by atoms with E-state index in [1.165, 1.54) is 16.9 Å². The van der Waals surface area contributed by atoms with Crippen molar-refractivity contribution in [3.8, 4) is 0 Å². The number of halogens is 1. The van der Waals surface area contributed by atoms with E-state index in [0.29, 0.717) is 20.5 Å². The number of rotatable bonds is 7. The molecule has 0 aliphatic carbocycles. The minimum atomic E-state index is -0.300. The van der Waals surface area contributed by atoms with Crippen molar-refractivity contribution in [2.24, 2.45) is 0 Å². The van der Waals surface area contributed by atoms with Crippen LogP contribution in [0.4, 0.5) is 10.7 Å². The maximum atomic E-state index is 12.9. The first kappa shape index (κ1) is 24.4. The predicted molar refractivity (Wildman–Crippen MR) is 140 cm³/mol. The van der Waals surface area contributed by atoms with Crippen molar-refractivity contribution in [1.29, 1.82) is 0 Å². The van der Waals surface area contributed by atoms with E-state index in [1.807, 2.05) is 19.1 Å². The Morgan fingerprint density at radius 2 is 1.62 bits per heavy atom. The Labute approximate surface area is 209 Å². The van der Waals surface area contributed by atoms with Gasteiger partial charge in [-0.05, 0) is 54.9 Å². The summed E-state index contributed by atoms with van der Waals surface area (Å²) in [7, 11) is 0. The van der Waals surface area contributed by atoms with E-state index in [4.69, 9.17) is 11.6 Å². The lowest BCUT2D eigenvalue weighted by atomic mass is 10.1. The fourth-order valence-corrected chi connectivity index (χ4v) is 5.18. The molecule has 2 amide bonds. The number of carbonyl (C=O) groups is 2. The Hall–Kier alpha value is -2.71. The fourth-order valence-electron chi connectivity index (χ4n) is 4.00. The molecule has 178 valence electrons. The molecule has 8 heteroatoms. The Morgan fingerprint density at radius 3 is 2.29 bits per heavy atom. The molecule has 1 saturated heterocycles. The van der Waals surface area contributed by atoms with Crippen molar-refractivity contribution in [2.45, 2.75) is 20.4 Å². The molecule has 0 spiro atoms. The molecule has 1 fully saturated rings. The lowest BCUT2D eigenvalue weighted by molar-refractivity contribution is 0.102. The van der Waals surface area contributed by atoms with Crippen molar-refractivity contribution >= 4 is 45.4 Å². The van der Waals surface area contributed by atoms with Gasteiger partial charge in [-0.25, -0.2) is 0 Å². The van der Waals surface area contributed by atoms with Gasteiger partial charge in [0.25, 0.3) is 11.8 Å². The van der Waals surface area contributed by atoms with Crippen LogP contribution in [-0.4, -0.2) is 54.3 Å². The van der Waals surface area contributed by atoms with Crippen LogP contribution in [0.2, 0.25) is 5.02 Å². The number of anilines is 2. The van der Waals surface area contributed by atoms with Gasteiger partial charge < -0.3 is 15.5 Å². The van der Waals surface area contributed by atoms with Gasteiger partial charge >= 0.3 is 0 Å². The number of aryl methyl sites for hydroxylation is 1. The molecular weight excluding hydrogens is 468 g/mol. The van der Waals surface area contributed by atoms with E-state index in [2.05, 4.69) is 39.5 Å². The van der Waals surface area contributed by atoms with E-state index < -0.39 is 0 Å². The first-order valence-corrected chi connectivity index (χ1v) is 12.6. The monoisotopic (exact) mass is 496 g/mol. The Bertz CT molecular complexity index is 1150. The summed E-state index contributed by atoms with van der Waals surface area (Å²) in [5.74, 6) is -0.491. The van der Waals surface area contributed by atoms with Crippen LogP contribution in [0.5, 0.6) is 0 Å². The molecule has 0 radical (unpaired) electrons. The van der Waals surface area contributed by atoms with Crippen molar-refractivity contribution in [3.05, 3.63) is 81.2 Å². The van der Waals surface area contributed by atoms with Crippen LogP contribution in [0.25, 0.3) is 0 Å². The molecule has 2 aromatic carbocycles. The van der Waals surface area contributed by atoms with E-state index in [0.717, 1.165) is 50.5 Å². The van der Waals surface area contributed by atoms with E-state index in [1.54, 1.807) is 30.3 Å². The van der Waals surface area contributed by atoms with Crippen molar-refractivity contribution in [3.63, 3.8) is 0 Å². The second kappa shape index (κ2) is 11.1. The summed E-state index contributed by atoms with van der Waals surface area (Å²) in [5.41, 5.74) is 3.19. The molecule has 1 aliphatic rings. The van der Waals surface area contributed by atoms with Crippen LogP contribution in [-0.2, 0) is 6.54 Å². The van der Waals surface area contributed by atoms with E-state index in [-0.39, 0.29) is 11.8 Å². The van der Waals surface area contributed by atoms with Gasteiger partial charge in [0.05, 0.1) is 20.5 Å². The highest BCUT2D eigenvalue weighted by molar-refractivity contribution is 7.18. The number of hydrogen-bond donors (Lipinski definition) is 2. The lowest BCUT2D eigenvalue weighted by Crippen LogP contribution is -2.45. The summed E-state index contributed by atoms with van der Waals surface area (Å²) in [6.45, 7) is 10.5. The number of amides is 2. The third-order valence-corrected chi connectivity index (χ3v) is 7.49. The summed E-state index contributed by atoms with van der Waals surface area (Å²) in [5, 5.41) is 6.80. The summed E-state index contributed by atoms with van der Waals surface area (Å²) in [6.07, 6.45) is 0. The summed E-state index contributed by atoms with van der Waals surface area (Å²) < 4.78 is 0. The highest BCUT2D eigenvalue weighted by Gasteiger charge is 2.18. The van der Waals surface area contributed by atoms with Crippen molar-refractivity contribution < 1.29 is 9.59 Å². The van der Waals surface area contributed by atoms with Gasteiger partial charge in [0.1, 0.15) is 0 Å². The number of benzene rings is 2. The maximum absolute atomic E-state index is 12.9. The molecule has 0 unspecified atom stereocenters. The number of nitrogens with zero attached hydrogens (tertiary/aromatic N) is 2. The smallest absolute Gasteiger partial charge is 0.266 e. The molecule has 3 aromatic rings. The first-order chi connectivity index (χ1) is 16.4. The number of hydrogen-bond acceptors (Lipinski definition) is 5. The quantitative estimate of drug-likeness (QED) is 0.462. The zero-order valence-corrected chi connectivity index (χ0v) is 21.0. The number of carbonyl (C=O) groups excluding carboxylic acids is 2. The second-order valence-electron chi connectivity index (χ2n) is 8.42. The van der Waals surface area contributed by atoms with Gasteiger partial charge in [-0.2, -0.15) is 0 Å². The summed E-state index contributed by atoms with van der Waals surface area (Å²) in [6, 6.07) is 16.7. The topological polar surface area (TPSA) is 64.7 Å². The van der Waals surface area contributed by atoms with Gasteiger partial charge in [-0.1, -0.05) is 42.8 Å². The Balaban J connectivity index is 1.34. The van der Waals surface area contributed by atoms with Gasteiger partial charge in [0.2, 0.25) is 0 Å². The van der Waals surface area contributed by atoms with Crippen LogP contribution in [0.3, 0.4) is 0 Å². The molecular formula is C26H29ClN4O2S. The maximum Gasteiger partial charge on any atom is 0.266 e. The molecule has 34 heavy (non-hydrogen) atoms. The largest absolute Gasteiger partial charge is 0.321 e. The minimum absolute atomic E-state index is 0.191. The number of likely N-dealkylation sites (N-methyl/N-ethyl adjacent to an activating group) is 1. The average molecular weight is 497 g/mol. The lowest BCUT2D eigenvalue weighted by Gasteiger charge is -2.34. The van der Waals surface area contributed by atoms with Gasteiger partial charge in [-0.3, -0.25) is 14.5 Å². The average Bonchev–Trinajstić information content (AvgIpc) is 3.21. The normalized spacial score (nSPS) is 14.7. The molecule has 0 atom stereocenters. The highest BCUT2D eigenvalue weighted by atomic mass is 35.5. The third kappa shape index (κ3) is 6.04. The number of thiophene rings is 1. The van der Waals surface area contributed by atoms with E-state index >= 15 is 0 Å². The van der Waals surface area contributed by atoms with Gasteiger partial charge in [0, 0.05) is 38.4 Å². The number of nitrogens with one attached hydrogen (secondary N) is 2. The summed E-state index contributed by atoms with van der Waals surface area (Å²) >= 11 is 7.36. The fraction of sp³-hybridized carbons (Fsp3) is 0.308. The van der Waals surface area contributed by atoms with Crippen LogP contribution in [0, 0.1) is 6.92 Å². The van der Waals surface area contributed by atoms with Gasteiger partial charge in [-0.15, -0.1) is 11.3 Å². The molecule has 0 bridgehead atoms. The first-order valence-electron chi connectivity index (χ1n) is 11.4. The standard InChI is InChI=1S/C26H29ClN4O2S/c1-3-30-12-14-31(15-13-30)17-19-8-10-20(11-9-19)28-26(33)24-18(2)16-23(34-24)29-25(32)21-6-4-5-7-22(21)27/h4-11,16H,3,12-15,17H2,1-2H3,(H,28,33)(H,29,32). The Kier molecular flexibility index (Phi) is 8.00. The minimum Gasteiger partial charge on any atom is -0.321 e. The zero-order chi connectivity index (χ0) is 24.1. The molecule has 1 aliphatic heterocycles. The number of piperazine rings is 1. The van der Waals surface area contributed by atoms with Crippen LogP contribution < -0.4 is 10.6 Å². The Morgan fingerprint density at radius 1 is 0.941 bits per heavy atom. The summed E-state index contributed by atoms with van der Waals surface area (Å²) in [4.78, 5) is 30.9. The zero-order valence-electron chi connectivity index (χ0n) is 19.4. The van der Waals surface area contributed by atoms with E-state index in [9.17, 15) is 9.59 Å². The SMILES string of the molecule is CCN1CCN(Cc2ccc(NC(=O)c3sc(NC(=O)c4ccccc4Cl)cc3C)cc2)CC1. The predicted octanol–water partition coefficient (Wildman–Crippen LogP) is 5.35. The second-order valence-corrected chi connectivity index (χ2v) is 9.88. The highest BCUT2D eigenvalue weighted by Crippen LogP contribution is 2.28. The molecule has 1 aromatic heterocycles. The van der Waals surface area contributed by atoms with Gasteiger partial charge in [0.15, 0.2) is 0 Å². The molecule has 4 rings (SSSR count). The third-order valence-electron chi connectivity index (χ3n) is 6.01.